The van der Waals surface area contributed by atoms with Crippen molar-refractivity contribution in [2.24, 2.45) is 0 Å². The van der Waals surface area contributed by atoms with E-state index in [4.69, 9.17) is 9.47 Å². The van der Waals surface area contributed by atoms with Crippen molar-refractivity contribution in [1.82, 2.24) is 15.0 Å². The molecule has 3 rings (SSSR count). The molecule has 8 nitrogen and oxygen atoms in total. The number of nitrogens with zero attached hydrogens (tertiary/aromatic N) is 3. The minimum atomic E-state index is -1.24. The summed E-state index contributed by atoms with van der Waals surface area (Å²) in [5, 5.41) is 37.9. The van der Waals surface area contributed by atoms with E-state index < -0.39 is 37.3 Å². The van der Waals surface area contributed by atoms with Crippen molar-refractivity contribution >= 4 is 0 Å². The van der Waals surface area contributed by atoms with Crippen LogP contribution in [0, 0.1) is 0 Å². The molecule has 1 aliphatic rings. The summed E-state index contributed by atoms with van der Waals surface area (Å²) in [5.41, 5.74) is 1.97. The normalized spacial score (nSPS) is 29.7. The van der Waals surface area contributed by atoms with Gasteiger partial charge in [0.05, 0.1) is 12.3 Å². The van der Waals surface area contributed by atoms with Gasteiger partial charge in [0.2, 0.25) is 0 Å². The molecule has 0 amide bonds. The van der Waals surface area contributed by atoms with Crippen molar-refractivity contribution in [3.63, 3.8) is 0 Å². The molecular weight excluding hydrogens is 326 g/mol. The monoisotopic (exact) mass is 349 g/mol. The van der Waals surface area contributed by atoms with Crippen LogP contribution in [0.4, 0.5) is 0 Å². The first-order valence-electron chi connectivity index (χ1n) is 8.24. The van der Waals surface area contributed by atoms with Crippen LogP contribution in [0.1, 0.15) is 17.3 Å². The van der Waals surface area contributed by atoms with Crippen molar-refractivity contribution in [2.45, 2.75) is 43.5 Å². The molecule has 2 aromatic rings. The Labute approximate surface area is 145 Å². The lowest BCUT2D eigenvalue weighted by molar-refractivity contribution is -0.274. The fourth-order valence-corrected chi connectivity index (χ4v) is 3.03. The summed E-state index contributed by atoms with van der Waals surface area (Å²) >= 11 is 0. The van der Waals surface area contributed by atoms with Gasteiger partial charge in [-0.2, -0.15) is 0 Å². The molecule has 1 aromatic heterocycles. The largest absolute Gasteiger partial charge is 0.394 e. The standard InChI is InChI=1S/C17H23N3O5/c1-24-17-14(16(23)15(22)13(10-21)25-17)20-9-12(18-19-20)8-7-11-5-3-2-4-6-11/h2-6,9,13-17,21-23H,7-8,10H2,1H3/t13-,14-,15-,16-,17-/m1/s1. The van der Waals surface area contributed by atoms with E-state index in [-0.39, 0.29) is 0 Å². The van der Waals surface area contributed by atoms with Crippen molar-refractivity contribution in [2.75, 3.05) is 13.7 Å². The van der Waals surface area contributed by atoms with Crippen LogP contribution in [-0.2, 0) is 22.3 Å². The predicted molar refractivity (Wildman–Crippen MR) is 87.7 cm³/mol. The maximum absolute atomic E-state index is 10.4. The van der Waals surface area contributed by atoms with Crippen LogP contribution >= 0.6 is 0 Å². The molecule has 1 aromatic carbocycles. The molecule has 2 heterocycles. The second kappa shape index (κ2) is 8.03. The van der Waals surface area contributed by atoms with Gasteiger partial charge < -0.3 is 24.8 Å². The maximum atomic E-state index is 10.4. The summed E-state index contributed by atoms with van der Waals surface area (Å²) in [6, 6.07) is 9.31. The Hall–Kier alpha value is -1.84. The molecule has 136 valence electrons. The Morgan fingerprint density at radius 3 is 2.60 bits per heavy atom. The topological polar surface area (TPSA) is 110 Å². The van der Waals surface area contributed by atoms with Gasteiger partial charge >= 0.3 is 0 Å². The van der Waals surface area contributed by atoms with E-state index in [0.29, 0.717) is 6.42 Å². The van der Waals surface area contributed by atoms with Gasteiger partial charge in [-0.05, 0) is 18.4 Å². The van der Waals surface area contributed by atoms with Crippen LogP contribution < -0.4 is 0 Å². The van der Waals surface area contributed by atoms with E-state index in [9.17, 15) is 15.3 Å². The van der Waals surface area contributed by atoms with Crippen LogP contribution in [-0.4, -0.2) is 68.6 Å². The minimum absolute atomic E-state index is 0.412. The van der Waals surface area contributed by atoms with Gasteiger partial charge in [0.1, 0.15) is 24.4 Å². The molecule has 5 atom stereocenters. The average Bonchev–Trinajstić information content (AvgIpc) is 3.11. The van der Waals surface area contributed by atoms with Crippen LogP contribution in [0.5, 0.6) is 0 Å². The molecule has 0 spiro atoms. The number of hydrogen-bond donors (Lipinski definition) is 3. The first-order chi connectivity index (χ1) is 12.1. The summed E-state index contributed by atoms with van der Waals surface area (Å²) in [4.78, 5) is 0. The molecule has 1 aliphatic heterocycles. The molecule has 0 unspecified atom stereocenters. The summed E-state index contributed by atoms with van der Waals surface area (Å²) in [7, 11) is 1.43. The van der Waals surface area contributed by atoms with Crippen LogP contribution in [0.3, 0.4) is 0 Å². The second-order valence-electron chi connectivity index (χ2n) is 6.11. The lowest BCUT2D eigenvalue weighted by Gasteiger charge is -2.41. The Kier molecular flexibility index (Phi) is 5.77. The Morgan fingerprint density at radius 1 is 1.16 bits per heavy atom. The quantitative estimate of drug-likeness (QED) is 0.656. The lowest BCUT2D eigenvalue weighted by atomic mass is 9.97. The average molecular weight is 349 g/mol. The van der Waals surface area contributed by atoms with Crippen molar-refractivity contribution < 1.29 is 24.8 Å². The molecule has 25 heavy (non-hydrogen) atoms. The molecule has 0 radical (unpaired) electrons. The molecular formula is C17H23N3O5. The van der Waals surface area contributed by atoms with Gasteiger partial charge in [-0.3, -0.25) is 0 Å². The molecule has 3 N–H and O–H groups in total. The summed E-state index contributed by atoms with van der Waals surface area (Å²) < 4.78 is 12.2. The number of rotatable bonds is 6. The van der Waals surface area contributed by atoms with E-state index in [1.165, 1.54) is 17.4 Å². The Morgan fingerprint density at radius 2 is 1.92 bits per heavy atom. The number of hydrogen-bond acceptors (Lipinski definition) is 7. The molecule has 8 heteroatoms. The zero-order chi connectivity index (χ0) is 17.8. The third kappa shape index (κ3) is 3.88. The Bertz CT molecular complexity index is 663. The fraction of sp³-hybridized carbons (Fsp3) is 0.529. The summed E-state index contributed by atoms with van der Waals surface area (Å²) in [5.74, 6) is 0. The molecule has 0 aliphatic carbocycles. The zero-order valence-corrected chi connectivity index (χ0v) is 14.0. The number of aliphatic hydroxyl groups is 3. The first-order valence-corrected chi connectivity index (χ1v) is 8.24. The third-order valence-electron chi connectivity index (χ3n) is 4.46. The number of ether oxygens (including phenoxy) is 2. The maximum Gasteiger partial charge on any atom is 0.182 e. The molecule has 1 saturated heterocycles. The van der Waals surface area contributed by atoms with E-state index in [1.54, 1.807) is 6.20 Å². The number of aliphatic hydroxyl groups excluding tert-OH is 3. The van der Waals surface area contributed by atoms with E-state index in [1.807, 2.05) is 18.2 Å². The lowest BCUT2D eigenvalue weighted by Crippen LogP contribution is -2.56. The van der Waals surface area contributed by atoms with Gasteiger partial charge in [-0.15, -0.1) is 5.10 Å². The molecule has 1 fully saturated rings. The van der Waals surface area contributed by atoms with Crippen molar-refractivity contribution in [3.05, 3.63) is 47.8 Å². The van der Waals surface area contributed by atoms with Crippen LogP contribution in [0.15, 0.2) is 36.5 Å². The first kappa shape index (κ1) is 18.0. The summed E-state index contributed by atoms with van der Waals surface area (Å²) in [6.07, 6.45) is -0.938. The molecule has 0 saturated carbocycles. The number of benzene rings is 1. The van der Waals surface area contributed by atoms with Gasteiger partial charge in [0.15, 0.2) is 6.29 Å². The van der Waals surface area contributed by atoms with E-state index in [2.05, 4.69) is 22.4 Å². The molecule has 0 bridgehead atoms. The van der Waals surface area contributed by atoms with Crippen LogP contribution in [0.25, 0.3) is 0 Å². The number of methoxy groups -OCH3 is 1. The van der Waals surface area contributed by atoms with Gasteiger partial charge in [-0.1, -0.05) is 35.5 Å². The fourth-order valence-electron chi connectivity index (χ4n) is 3.03. The van der Waals surface area contributed by atoms with Gasteiger partial charge in [0, 0.05) is 13.3 Å². The van der Waals surface area contributed by atoms with E-state index >= 15 is 0 Å². The number of aryl methyl sites for hydroxylation is 2. The smallest absolute Gasteiger partial charge is 0.182 e. The number of aromatic nitrogens is 3. The third-order valence-corrected chi connectivity index (χ3v) is 4.46. The van der Waals surface area contributed by atoms with Gasteiger partial charge in [-0.25, -0.2) is 4.68 Å². The SMILES string of the molecule is CO[C@@H]1O[C@H](CO)[C@@H](O)[C@H](O)[C@H]1n1cc(CCc2ccccc2)nn1. The minimum Gasteiger partial charge on any atom is -0.394 e. The highest BCUT2D eigenvalue weighted by atomic mass is 16.7. The highest BCUT2D eigenvalue weighted by Gasteiger charge is 2.46. The highest BCUT2D eigenvalue weighted by Crippen LogP contribution is 2.30. The second-order valence-corrected chi connectivity index (χ2v) is 6.11. The summed E-state index contributed by atoms with van der Waals surface area (Å²) in [6.45, 7) is -0.412. The highest BCUT2D eigenvalue weighted by molar-refractivity contribution is 5.16. The Balaban J connectivity index is 1.71. The predicted octanol–water partition coefficient (Wildman–Crippen LogP) is -0.310. The van der Waals surface area contributed by atoms with Crippen molar-refractivity contribution in [1.29, 1.82) is 0 Å². The van der Waals surface area contributed by atoms with Crippen molar-refractivity contribution in [3.8, 4) is 0 Å². The zero-order valence-electron chi connectivity index (χ0n) is 14.0. The van der Waals surface area contributed by atoms with Crippen LogP contribution in [0.2, 0.25) is 0 Å². The van der Waals surface area contributed by atoms with Gasteiger partial charge in [0.25, 0.3) is 0 Å². The van der Waals surface area contributed by atoms with E-state index in [0.717, 1.165) is 12.1 Å².